The van der Waals surface area contributed by atoms with Crippen LogP contribution in [0.5, 0.6) is 0 Å². The number of halogens is 2. The van der Waals surface area contributed by atoms with Crippen molar-refractivity contribution in [3.63, 3.8) is 0 Å². The average molecular weight is 667 g/mol. The van der Waals surface area contributed by atoms with Crippen molar-refractivity contribution in [1.82, 2.24) is 20.1 Å². The van der Waals surface area contributed by atoms with Gasteiger partial charge in [0.15, 0.2) is 16.6 Å². The number of nitrogens with one attached hydrogen (secondary N) is 1. The Morgan fingerprint density at radius 2 is 1.93 bits per heavy atom. The third-order valence-electron chi connectivity index (χ3n) is 8.05. The molecule has 2 N–H and O–H groups in total. The van der Waals surface area contributed by atoms with Gasteiger partial charge in [-0.1, -0.05) is 17.7 Å². The molecule has 4 heterocycles. The number of aromatic nitrogens is 1. The second-order valence-corrected chi connectivity index (χ2v) is 12.2. The van der Waals surface area contributed by atoms with E-state index in [0.717, 1.165) is 0 Å². The lowest BCUT2D eigenvalue weighted by atomic mass is 9.95. The number of benzene rings is 2. The smallest absolute Gasteiger partial charge is 0.338 e. The standard InChI is InChI=1S/C31H28ClFN6O6S/c1-45-30(43)26-23(35-28(29-34-8-11-46-29)36-27(26)21-7-4-18(33)12-22(21)32)16-37-9-10-38-20(14-37)15-39(31(38)44)19-5-2-17(3-6-19)24(40)13-25(41)42/h2-8,11-12,20,27H,9-10,13-16H2,1H3,(H,35,36)(H,41,42)/t20-,27?/m0/s1. The van der Waals surface area contributed by atoms with Crippen LogP contribution in [0.4, 0.5) is 14.9 Å². The van der Waals surface area contributed by atoms with Crippen molar-refractivity contribution in [1.29, 1.82) is 0 Å². The number of amidine groups is 1. The van der Waals surface area contributed by atoms with Crippen LogP contribution in [0.15, 0.2) is 70.3 Å². The van der Waals surface area contributed by atoms with Gasteiger partial charge >= 0.3 is 18.0 Å². The number of hydrogen-bond acceptors (Lipinski definition) is 10. The first kappa shape index (κ1) is 31.3. The van der Waals surface area contributed by atoms with Crippen molar-refractivity contribution >= 4 is 58.2 Å². The maximum atomic E-state index is 14.0. The van der Waals surface area contributed by atoms with Gasteiger partial charge in [-0.15, -0.1) is 11.3 Å². The molecular weight excluding hydrogens is 639 g/mol. The first-order valence-corrected chi connectivity index (χ1v) is 15.5. The van der Waals surface area contributed by atoms with E-state index in [9.17, 15) is 23.6 Å². The van der Waals surface area contributed by atoms with E-state index in [-0.39, 0.29) is 28.2 Å². The first-order chi connectivity index (χ1) is 22.1. The van der Waals surface area contributed by atoms with E-state index in [4.69, 9.17) is 26.4 Å². The Morgan fingerprint density at radius 3 is 2.61 bits per heavy atom. The van der Waals surface area contributed by atoms with Crippen LogP contribution < -0.4 is 10.2 Å². The number of Topliss-reactive ketones (excluding diaryl/α,β-unsaturated/α-hetero) is 1. The number of ketones is 1. The lowest BCUT2D eigenvalue weighted by Crippen LogP contribution is -2.53. The number of urea groups is 1. The number of nitrogens with zero attached hydrogens (tertiary/aromatic N) is 5. The SMILES string of the molecule is COC(=O)C1=C(CN2CCN3C(=O)N(c4ccc(C(=O)CC(=O)O)cc4)C[C@@H]3C2)NC(c2nccs2)=NC1c1ccc(F)cc1Cl. The van der Waals surface area contributed by atoms with Crippen LogP contribution >= 0.6 is 22.9 Å². The zero-order valence-corrected chi connectivity index (χ0v) is 26.1. The van der Waals surface area contributed by atoms with E-state index in [0.29, 0.717) is 60.5 Å². The molecule has 15 heteroatoms. The minimum absolute atomic E-state index is 0.118. The van der Waals surface area contributed by atoms with Gasteiger partial charge in [0.1, 0.15) is 18.3 Å². The predicted molar refractivity (Wildman–Crippen MR) is 168 cm³/mol. The van der Waals surface area contributed by atoms with Crippen molar-refractivity contribution in [2.24, 2.45) is 4.99 Å². The number of hydrogen-bond donors (Lipinski definition) is 2. The molecule has 1 aromatic heterocycles. The fourth-order valence-corrected chi connectivity index (χ4v) is 6.75. The largest absolute Gasteiger partial charge is 0.481 e. The van der Waals surface area contributed by atoms with Crippen LogP contribution in [0.1, 0.15) is 33.4 Å². The number of aliphatic imine (C=N–C) groups is 1. The number of thiazole rings is 1. The van der Waals surface area contributed by atoms with E-state index >= 15 is 0 Å². The summed E-state index contributed by atoms with van der Waals surface area (Å²) in [6.45, 7) is 2.15. The molecule has 2 atom stereocenters. The van der Waals surface area contributed by atoms with Crippen molar-refractivity contribution in [3.8, 4) is 0 Å². The molecule has 2 fully saturated rings. The molecule has 0 spiro atoms. The topological polar surface area (TPSA) is 145 Å². The number of piperazine rings is 1. The highest BCUT2D eigenvalue weighted by Crippen LogP contribution is 2.37. The molecule has 0 bridgehead atoms. The molecule has 3 aromatic rings. The summed E-state index contributed by atoms with van der Waals surface area (Å²) in [4.78, 5) is 64.4. The summed E-state index contributed by atoms with van der Waals surface area (Å²) in [5.41, 5.74) is 2.08. The van der Waals surface area contributed by atoms with E-state index in [1.165, 1.54) is 48.8 Å². The number of aliphatic carboxylic acids is 1. The number of esters is 1. The van der Waals surface area contributed by atoms with Crippen molar-refractivity contribution < 1.29 is 33.4 Å². The Bertz CT molecular complexity index is 1770. The van der Waals surface area contributed by atoms with Gasteiger partial charge in [-0.25, -0.2) is 19.0 Å². The van der Waals surface area contributed by atoms with Crippen molar-refractivity contribution in [2.45, 2.75) is 18.5 Å². The lowest BCUT2D eigenvalue weighted by molar-refractivity contribution is -0.137. The maximum Gasteiger partial charge on any atom is 0.338 e. The van der Waals surface area contributed by atoms with Gasteiger partial charge in [-0.3, -0.25) is 24.4 Å². The van der Waals surface area contributed by atoms with Gasteiger partial charge in [0.2, 0.25) is 0 Å². The van der Waals surface area contributed by atoms with Crippen LogP contribution in [0, 0.1) is 5.82 Å². The Morgan fingerprint density at radius 1 is 1.15 bits per heavy atom. The summed E-state index contributed by atoms with van der Waals surface area (Å²) in [7, 11) is 1.28. The normalized spacial score (nSPS) is 19.9. The summed E-state index contributed by atoms with van der Waals surface area (Å²) in [5, 5.41) is 14.7. The predicted octanol–water partition coefficient (Wildman–Crippen LogP) is 3.74. The molecule has 6 rings (SSSR count). The number of ether oxygens (including phenoxy) is 1. The second kappa shape index (κ2) is 13.0. The molecule has 2 amide bonds. The molecular formula is C31H28ClFN6O6S. The third-order valence-corrected chi connectivity index (χ3v) is 9.16. The van der Waals surface area contributed by atoms with Crippen LogP contribution in [0.25, 0.3) is 0 Å². The third kappa shape index (κ3) is 6.23. The zero-order valence-electron chi connectivity index (χ0n) is 24.5. The summed E-state index contributed by atoms with van der Waals surface area (Å²) in [6.07, 6.45) is 1.04. The number of carbonyl (C=O) groups is 4. The van der Waals surface area contributed by atoms with E-state index in [1.54, 1.807) is 28.1 Å². The van der Waals surface area contributed by atoms with E-state index in [1.807, 2.05) is 5.38 Å². The minimum atomic E-state index is -1.20. The summed E-state index contributed by atoms with van der Waals surface area (Å²) >= 11 is 7.83. The Labute approximate surface area is 271 Å². The van der Waals surface area contributed by atoms with Gasteiger partial charge in [-0.2, -0.15) is 0 Å². The number of fused-ring (bicyclic) bond motifs is 1. The van der Waals surface area contributed by atoms with Crippen molar-refractivity contribution in [3.05, 3.63) is 92.3 Å². The number of anilines is 1. The summed E-state index contributed by atoms with van der Waals surface area (Å²) < 4.78 is 19.1. The maximum absolute atomic E-state index is 14.0. The average Bonchev–Trinajstić information content (AvgIpc) is 3.69. The highest BCUT2D eigenvalue weighted by atomic mass is 35.5. The van der Waals surface area contributed by atoms with Crippen molar-refractivity contribution in [2.75, 3.05) is 44.7 Å². The molecule has 0 aliphatic carbocycles. The first-order valence-electron chi connectivity index (χ1n) is 14.3. The Balaban J connectivity index is 1.24. The number of rotatable bonds is 9. The molecule has 2 aromatic carbocycles. The number of amides is 2. The molecule has 12 nitrogen and oxygen atoms in total. The molecule has 46 heavy (non-hydrogen) atoms. The van der Waals surface area contributed by atoms with Gasteiger partial charge in [0, 0.05) is 71.8 Å². The molecule has 3 aliphatic rings. The molecule has 0 radical (unpaired) electrons. The number of carboxylic acids is 1. The number of carboxylic acid groups (broad SMARTS) is 1. The van der Waals surface area contributed by atoms with Crippen LogP contribution in [0.2, 0.25) is 5.02 Å². The van der Waals surface area contributed by atoms with E-state index in [2.05, 4.69) is 15.2 Å². The summed E-state index contributed by atoms with van der Waals surface area (Å²) in [6, 6.07) is 9.07. The molecule has 0 saturated carbocycles. The van der Waals surface area contributed by atoms with Gasteiger partial charge in [0.05, 0.1) is 18.7 Å². The van der Waals surface area contributed by atoms with E-state index < -0.39 is 36.0 Å². The molecule has 1 unspecified atom stereocenters. The zero-order chi connectivity index (χ0) is 32.5. The minimum Gasteiger partial charge on any atom is -0.481 e. The number of methoxy groups -OCH3 is 1. The summed E-state index contributed by atoms with van der Waals surface area (Å²) in [5.74, 6) is -2.40. The Kier molecular flexibility index (Phi) is 8.84. The molecule has 238 valence electrons. The Hall–Kier alpha value is -4.66. The van der Waals surface area contributed by atoms with Crippen LogP contribution in [-0.4, -0.2) is 95.4 Å². The second-order valence-electron chi connectivity index (χ2n) is 10.9. The van der Waals surface area contributed by atoms with Gasteiger partial charge in [0.25, 0.3) is 0 Å². The fraction of sp³-hybridized carbons (Fsp3) is 0.290. The fourth-order valence-electron chi connectivity index (χ4n) is 5.89. The van der Waals surface area contributed by atoms with Gasteiger partial charge < -0.3 is 20.1 Å². The highest BCUT2D eigenvalue weighted by molar-refractivity contribution is 7.11. The molecule has 3 aliphatic heterocycles. The lowest BCUT2D eigenvalue weighted by Gasteiger charge is -2.38. The quantitative estimate of drug-likeness (QED) is 0.198. The monoisotopic (exact) mass is 666 g/mol. The highest BCUT2D eigenvalue weighted by Gasteiger charge is 2.42. The van der Waals surface area contributed by atoms with Crippen LogP contribution in [0.3, 0.4) is 0 Å². The van der Waals surface area contributed by atoms with Crippen LogP contribution in [-0.2, 0) is 14.3 Å². The number of carbonyl (C=O) groups excluding carboxylic acids is 3. The molecule has 2 saturated heterocycles. The van der Waals surface area contributed by atoms with Gasteiger partial charge in [-0.05, 0) is 36.4 Å².